The van der Waals surface area contributed by atoms with Gasteiger partial charge < -0.3 is 10.0 Å². The fourth-order valence-electron chi connectivity index (χ4n) is 2.84. The Kier molecular flexibility index (Phi) is 2.74. The summed E-state index contributed by atoms with van der Waals surface area (Å²) in [6.45, 7) is 0.968. The molecule has 1 fully saturated rings. The summed E-state index contributed by atoms with van der Waals surface area (Å²) in [6, 6.07) is 8.39. The van der Waals surface area contributed by atoms with Crippen LogP contribution in [0.2, 0.25) is 0 Å². The number of aliphatic carboxylic acids is 1. The van der Waals surface area contributed by atoms with E-state index in [1.165, 1.54) is 11.3 Å². The molecule has 3 rings (SSSR count). The molecule has 0 radical (unpaired) electrons. The molecular formula is C13H15NO2S. The maximum atomic E-state index is 11.4. The van der Waals surface area contributed by atoms with Gasteiger partial charge in [0.15, 0.2) is 0 Å². The zero-order chi connectivity index (χ0) is 11.8. The van der Waals surface area contributed by atoms with Gasteiger partial charge >= 0.3 is 5.97 Å². The number of hydrogen-bond acceptors (Lipinski definition) is 3. The fraction of sp³-hybridized carbons (Fsp3) is 0.462. The van der Waals surface area contributed by atoms with Crippen LogP contribution in [0.4, 0.5) is 5.69 Å². The molecule has 1 aromatic rings. The van der Waals surface area contributed by atoms with E-state index in [0.717, 1.165) is 18.1 Å². The standard InChI is InChI=1S/C13H15NO2S/c15-13(16)10-7-9-3-1-2-4-11(9)14-5-6-17-8-12(10)14/h1-4,10,12H,5-8H2,(H,15,16). The smallest absolute Gasteiger partial charge is 0.308 e. The second kappa shape index (κ2) is 4.26. The zero-order valence-corrected chi connectivity index (χ0v) is 10.3. The second-order valence-electron chi connectivity index (χ2n) is 4.61. The van der Waals surface area contributed by atoms with Gasteiger partial charge in [0.25, 0.3) is 0 Å². The monoisotopic (exact) mass is 249 g/mol. The molecule has 0 aliphatic carbocycles. The third kappa shape index (κ3) is 1.80. The number of para-hydroxylation sites is 1. The predicted octanol–water partition coefficient (Wildman–Crippen LogP) is 1.87. The van der Waals surface area contributed by atoms with Crippen LogP contribution in [0.1, 0.15) is 5.56 Å². The van der Waals surface area contributed by atoms with Gasteiger partial charge in [-0.15, -0.1) is 0 Å². The molecule has 2 heterocycles. The summed E-state index contributed by atoms with van der Waals surface area (Å²) in [6.07, 6.45) is 0.674. The van der Waals surface area contributed by atoms with Crippen LogP contribution in [0.15, 0.2) is 24.3 Å². The van der Waals surface area contributed by atoms with E-state index < -0.39 is 5.97 Å². The average Bonchev–Trinajstić information content (AvgIpc) is 2.37. The minimum atomic E-state index is -0.656. The number of nitrogens with zero attached hydrogens (tertiary/aromatic N) is 1. The topological polar surface area (TPSA) is 40.5 Å². The number of anilines is 1. The Hall–Kier alpha value is -1.16. The molecular weight excluding hydrogens is 234 g/mol. The lowest BCUT2D eigenvalue weighted by atomic mass is 9.86. The van der Waals surface area contributed by atoms with Crippen molar-refractivity contribution in [1.82, 2.24) is 0 Å². The van der Waals surface area contributed by atoms with Crippen LogP contribution >= 0.6 is 11.8 Å². The highest BCUT2D eigenvalue weighted by atomic mass is 32.2. The average molecular weight is 249 g/mol. The van der Waals surface area contributed by atoms with Crippen molar-refractivity contribution < 1.29 is 9.90 Å². The first kappa shape index (κ1) is 11.0. The largest absolute Gasteiger partial charge is 0.481 e. The molecule has 1 saturated heterocycles. The number of thioether (sulfide) groups is 1. The normalized spacial score (nSPS) is 27.2. The van der Waals surface area contributed by atoms with Crippen molar-refractivity contribution in [3.05, 3.63) is 29.8 Å². The Balaban J connectivity index is 2.03. The molecule has 3 nitrogen and oxygen atoms in total. The maximum absolute atomic E-state index is 11.4. The van der Waals surface area contributed by atoms with Crippen LogP contribution in [0.5, 0.6) is 0 Å². The third-order valence-corrected chi connectivity index (χ3v) is 4.74. The van der Waals surface area contributed by atoms with Gasteiger partial charge in [0.2, 0.25) is 0 Å². The quantitative estimate of drug-likeness (QED) is 0.825. The van der Waals surface area contributed by atoms with Crippen molar-refractivity contribution in [2.75, 3.05) is 23.0 Å². The summed E-state index contributed by atoms with van der Waals surface area (Å²) in [4.78, 5) is 13.7. The van der Waals surface area contributed by atoms with Crippen LogP contribution in [-0.2, 0) is 11.2 Å². The Morgan fingerprint density at radius 1 is 1.41 bits per heavy atom. The van der Waals surface area contributed by atoms with Crippen LogP contribution in [0.25, 0.3) is 0 Å². The highest BCUT2D eigenvalue weighted by Crippen LogP contribution is 2.37. The number of benzene rings is 1. The third-order valence-electron chi connectivity index (χ3n) is 3.69. The van der Waals surface area contributed by atoms with Crippen LogP contribution < -0.4 is 4.90 Å². The second-order valence-corrected chi connectivity index (χ2v) is 5.76. The van der Waals surface area contributed by atoms with Crippen LogP contribution in [0, 0.1) is 5.92 Å². The van der Waals surface area contributed by atoms with Crippen molar-refractivity contribution >= 4 is 23.4 Å². The predicted molar refractivity (Wildman–Crippen MR) is 69.7 cm³/mol. The van der Waals surface area contributed by atoms with Gasteiger partial charge in [-0.3, -0.25) is 4.79 Å². The van der Waals surface area contributed by atoms with E-state index in [2.05, 4.69) is 17.0 Å². The molecule has 0 bridgehead atoms. The van der Waals surface area contributed by atoms with Crippen molar-refractivity contribution in [3.63, 3.8) is 0 Å². The number of rotatable bonds is 1. The molecule has 2 atom stereocenters. The van der Waals surface area contributed by atoms with Gasteiger partial charge in [-0.2, -0.15) is 11.8 Å². The number of carboxylic acids is 1. The Labute approximate surface area is 105 Å². The SMILES string of the molecule is O=C(O)C1Cc2ccccc2N2CCSCC12. The molecule has 0 aromatic heterocycles. The molecule has 4 heteroatoms. The summed E-state index contributed by atoms with van der Waals surface area (Å²) in [5.74, 6) is 1.12. The molecule has 0 spiro atoms. The number of carboxylic acid groups (broad SMARTS) is 1. The van der Waals surface area contributed by atoms with E-state index in [0.29, 0.717) is 6.42 Å². The van der Waals surface area contributed by atoms with Crippen LogP contribution in [-0.4, -0.2) is 35.2 Å². The Morgan fingerprint density at radius 3 is 3.06 bits per heavy atom. The van der Waals surface area contributed by atoms with E-state index >= 15 is 0 Å². The minimum absolute atomic E-state index is 0.168. The minimum Gasteiger partial charge on any atom is -0.481 e. The van der Waals surface area contributed by atoms with E-state index in [4.69, 9.17) is 0 Å². The zero-order valence-electron chi connectivity index (χ0n) is 9.50. The van der Waals surface area contributed by atoms with Crippen molar-refractivity contribution in [2.45, 2.75) is 12.5 Å². The molecule has 90 valence electrons. The van der Waals surface area contributed by atoms with Crippen molar-refractivity contribution in [2.24, 2.45) is 5.92 Å². The van der Waals surface area contributed by atoms with Gasteiger partial charge in [-0.05, 0) is 18.1 Å². The molecule has 1 N–H and O–H groups in total. The molecule has 1 aromatic carbocycles. The summed E-state index contributed by atoms with van der Waals surface area (Å²) >= 11 is 1.87. The lowest BCUT2D eigenvalue weighted by Gasteiger charge is -2.44. The summed E-state index contributed by atoms with van der Waals surface area (Å²) in [5.41, 5.74) is 2.43. The lowest BCUT2D eigenvalue weighted by Crippen LogP contribution is -2.52. The summed E-state index contributed by atoms with van der Waals surface area (Å²) < 4.78 is 0. The highest BCUT2D eigenvalue weighted by molar-refractivity contribution is 7.99. The van der Waals surface area contributed by atoms with Crippen molar-refractivity contribution in [3.8, 4) is 0 Å². The van der Waals surface area contributed by atoms with E-state index in [1.807, 2.05) is 23.9 Å². The van der Waals surface area contributed by atoms with Crippen molar-refractivity contribution in [1.29, 1.82) is 0 Å². The molecule has 0 amide bonds. The summed E-state index contributed by atoms with van der Waals surface area (Å²) in [7, 11) is 0. The van der Waals surface area contributed by atoms with Gasteiger partial charge in [0, 0.05) is 23.7 Å². The summed E-state index contributed by atoms with van der Waals surface area (Å²) in [5, 5.41) is 9.37. The number of fused-ring (bicyclic) bond motifs is 3. The van der Waals surface area contributed by atoms with E-state index in [9.17, 15) is 9.90 Å². The molecule has 2 aliphatic rings. The van der Waals surface area contributed by atoms with Crippen LogP contribution in [0.3, 0.4) is 0 Å². The maximum Gasteiger partial charge on any atom is 0.308 e. The van der Waals surface area contributed by atoms with E-state index in [-0.39, 0.29) is 12.0 Å². The Bertz CT molecular complexity index is 449. The van der Waals surface area contributed by atoms with E-state index in [1.54, 1.807) is 0 Å². The highest BCUT2D eigenvalue weighted by Gasteiger charge is 2.39. The first-order valence-corrected chi connectivity index (χ1v) is 7.08. The fourth-order valence-corrected chi connectivity index (χ4v) is 3.99. The number of carbonyl (C=O) groups is 1. The van der Waals surface area contributed by atoms with Gasteiger partial charge in [0.1, 0.15) is 0 Å². The lowest BCUT2D eigenvalue weighted by molar-refractivity contribution is -0.142. The van der Waals surface area contributed by atoms with Gasteiger partial charge in [-0.25, -0.2) is 0 Å². The van der Waals surface area contributed by atoms with Gasteiger partial charge in [0.05, 0.1) is 12.0 Å². The Morgan fingerprint density at radius 2 is 2.24 bits per heavy atom. The number of hydrogen-bond donors (Lipinski definition) is 1. The van der Waals surface area contributed by atoms with Gasteiger partial charge in [-0.1, -0.05) is 18.2 Å². The first-order valence-electron chi connectivity index (χ1n) is 5.92. The molecule has 17 heavy (non-hydrogen) atoms. The molecule has 0 saturated carbocycles. The molecule has 2 unspecified atom stereocenters. The first-order chi connectivity index (χ1) is 8.27. The molecule has 2 aliphatic heterocycles.